The number of benzene rings is 2. The van der Waals surface area contributed by atoms with Crippen molar-refractivity contribution in [3.63, 3.8) is 0 Å². The van der Waals surface area contributed by atoms with Crippen molar-refractivity contribution in [2.24, 2.45) is 0 Å². The maximum atomic E-state index is 9.55. The van der Waals surface area contributed by atoms with Crippen LogP contribution in [0.3, 0.4) is 0 Å². The molecular weight excluding hydrogens is 262 g/mol. The molecular formula is C18H21NO2. The SMILES string of the molecule is Oc1cccc(CN2CCOC(Cc3ccccc3)C2)c1. The second-order valence-electron chi connectivity index (χ2n) is 5.59. The second kappa shape index (κ2) is 6.74. The molecule has 1 aliphatic rings. The van der Waals surface area contributed by atoms with Gasteiger partial charge in [0.2, 0.25) is 0 Å². The third kappa shape index (κ3) is 4.06. The molecule has 0 saturated carbocycles. The van der Waals surface area contributed by atoms with Crippen LogP contribution in [0.15, 0.2) is 54.6 Å². The summed E-state index contributed by atoms with van der Waals surface area (Å²) in [7, 11) is 0. The van der Waals surface area contributed by atoms with E-state index in [1.54, 1.807) is 6.07 Å². The summed E-state index contributed by atoms with van der Waals surface area (Å²) in [5.41, 5.74) is 2.47. The maximum absolute atomic E-state index is 9.55. The van der Waals surface area contributed by atoms with Crippen molar-refractivity contribution in [3.05, 3.63) is 65.7 Å². The molecule has 1 unspecified atom stereocenters. The Hall–Kier alpha value is -1.84. The molecule has 3 rings (SSSR count). The summed E-state index contributed by atoms with van der Waals surface area (Å²) in [6.07, 6.45) is 1.20. The third-order valence-electron chi connectivity index (χ3n) is 3.85. The molecule has 3 nitrogen and oxygen atoms in total. The number of morpholine rings is 1. The molecule has 1 saturated heterocycles. The molecule has 0 aliphatic carbocycles. The van der Waals surface area contributed by atoms with E-state index in [9.17, 15) is 5.11 Å². The van der Waals surface area contributed by atoms with Crippen LogP contribution in [0, 0.1) is 0 Å². The van der Waals surface area contributed by atoms with E-state index in [0.29, 0.717) is 5.75 Å². The average molecular weight is 283 g/mol. The highest BCUT2D eigenvalue weighted by Crippen LogP contribution is 2.16. The summed E-state index contributed by atoms with van der Waals surface area (Å²) in [5.74, 6) is 0.335. The molecule has 21 heavy (non-hydrogen) atoms. The molecule has 1 N–H and O–H groups in total. The Kier molecular flexibility index (Phi) is 4.53. The van der Waals surface area contributed by atoms with Crippen LogP contribution in [-0.2, 0) is 17.7 Å². The zero-order chi connectivity index (χ0) is 14.5. The Morgan fingerprint density at radius 3 is 2.67 bits per heavy atom. The molecule has 1 aliphatic heterocycles. The molecule has 0 amide bonds. The number of aromatic hydroxyl groups is 1. The molecule has 110 valence electrons. The van der Waals surface area contributed by atoms with Gasteiger partial charge in [0.25, 0.3) is 0 Å². The predicted octanol–water partition coefficient (Wildman–Crippen LogP) is 2.84. The van der Waals surface area contributed by atoms with Crippen molar-refractivity contribution in [1.29, 1.82) is 0 Å². The van der Waals surface area contributed by atoms with Crippen molar-refractivity contribution in [2.45, 2.75) is 19.1 Å². The molecule has 0 spiro atoms. The van der Waals surface area contributed by atoms with Gasteiger partial charge in [-0.2, -0.15) is 0 Å². The Morgan fingerprint density at radius 2 is 1.86 bits per heavy atom. The van der Waals surface area contributed by atoms with Crippen molar-refractivity contribution in [1.82, 2.24) is 4.90 Å². The highest BCUT2D eigenvalue weighted by molar-refractivity contribution is 5.27. The van der Waals surface area contributed by atoms with Crippen LogP contribution in [0.2, 0.25) is 0 Å². The van der Waals surface area contributed by atoms with Gasteiger partial charge in [0, 0.05) is 19.6 Å². The van der Waals surface area contributed by atoms with Crippen LogP contribution in [0.5, 0.6) is 5.75 Å². The Morgan fingerprint density at radius 1 is 1.05 bits per heavy atom. The van der Waals surface area contributed by atoms with Crippen LogP contribution in [-0.4, -0.2) is 35.8 Å². The zero-order valence-corrected chi connectivity index (χ0v) is 12.1. The van der Waals surface area contributed by atoms with Gasteiger partial charge in [-0.05, 0) is 29.7 Å². The minimum atomic E-state index is 0.249. The standard InChI is InChI=1S/C18H21NO2/c20-17-8-4-7-16(11-17)13-19-9-10-21-18(14-19)12-15-5-2-1-3-6-15/h1-8,11,18,20H,9-10,12-14H2. The van der Waals surface area contributed by atoms with Crippen LogP contribution < -0.4 is 0 Å². The molecule has 1 atom stereocenters. The fourth-order valence-corrected chi connectivity index (χ4v) is 2.84. The maximum Gasteiger partial charge on any atom is 0.115 e. The van der Waals surface area contributed by atoms with Gasteiger partial charge in [0.05, 0.1) is 12.7 Å². The van der Waals surface area contributed by atoms with Gasteiger partial charge in [-0.3, -0.25) is 4.90 Å². The van der Waals surface area contributed by atoms with Crippen LogP contribution in [0.1, 0.15) is 11.1 Å². The Bertz CT molecular complexity index is 570. The molecule has 1 fully saturated rings. The van der Waals surface area contributed by atoms with Gasteiger partial charge < -0.3 is 9.84 Å². The summed E-state index contributed by atoms with van der Waals surface area (Å²) < 4.78 is 5.88. The first kappa shape index (κ1) is 14.1. The van der Waals surface area contributed by atoms with Crippen molar-refractivity contribution in [2.75, 3.05) is 19.7 Å². The lowest BCUT2D eigenvalue weighted by Crippen LogP contribution is -2.42. The largest absolute Gasteiger partial charge is 0.508 e. The van der Waals surface area contributed by atoms with Crippen LogP contribution in [0.4, 0.5) is 0 Å². The number of rotatable bonds is 4. The highest BCUT2D eigenvalue weighted by atomic mass is 16.5. The van der Waals surface area contributed by atoms with E-state index >= 15 is 0 Å². The van der Waals surface area contributed by atoms with E-state index in [-0.39, 0.29) is 6.10 Å². The van der Waals surface area contributed by atoms with E-state index in [2.05, 4.69) is 35.2 Å². The van der Waals surface area contributed by atoms with Gasteiger partial charge in [-0.25, -0.2) is 0 Å². The second-order valence-corrected chi connectivity index (χ2v) is 5.59. The van der Waals surface area contributed by atoms with E-state index in [4.69, 9.17) is 4.74 Å². The smallest absolute Gasteiger partial charge is 0.115 e. The van der Waals surface area contributed by atoms with Gasteiger partial charge in [0.1, 0.15) is 5.75 Å². The molecule has 0 radical (unpaired) electrons. The van der Waals surface area contributed by atoms with Gasteiger partial charge in [-0.1, -0.05) is 42.5 Å². The lowest BCUT2D eigenvalue weighted by atomic mass is 10.1. The van der Waals surface area contributed by atoms with Crippen LogP contribution in [0.25, 0.3) is 0 Å². The first-order chi connectivity index (χ1) is 10.3. The predicted molar refractivity (Wildman–Crippen MR) is 83.3 cm³/mol. The number of phenols is 1. The molecule has 0 bridgehead atoms. The van der Waals surface area contributed by atoms with Gasteiger partial charge >= 0.3 is 0 Å². The summed E-state index contributed by atoms with van der Waals surface area (Å²) >= 11 is 0. The summed E-state index contributed by atoms with van der Waals surface area (Å²) in [6.45, 7) is 3.52. The van der Waals surface area contributed by atoms with E-state index in [1.807, 2.05) is 18.2 Å². The van der Waals surface area contributed by atoms with Crippen molar-refractivity contribution >= 4 is 0 Å². The average Bonchev–Trinajstić information content (AvgIpc) is 2.49. The number of nitrogens with zero attached hydrogens (tertiary/aromatic N) is 1. The normalized spacial score (nSPS) is 19.5. The number of ether oxygens (including phenoxy) is 1. The van der Waals surface area contributed by atoms with Gasteiger partial charge in [-0.15, -0.1) is 0 Å². The zero-order valence-electron chi connectivity index (χ0n) is 12.1. The number of hydrogen-bond donors (Lipinski definition) is 1. The van der Waals surface area contributed by atoms with Crippen molar-refractivity contribution in [3.8, 4) is 5.75 Å². The first-order valence-electron chi connectivity index (χ1n) is 7.45. The monoisotopic (exact) mass is 283 g/mol. The van der Waals surface area contributed by atoms with Crippen molar-refractivity contribution < 1.29 is 9.84 Å². The van der Waals surface area contributed by atoms with E-state index in [0.717, 1.165) is 38.2 Å². The number of phenolic OH excluding ortho intramolecular Hbond substituents is 1. The fourth-order valence-electron chi connectivity index (χ4n) is 2.84. The summed E-state index contributed by atoms with van der Waals surface area (Å²) in [5, 5.41) is 9.55. The lowest BCUT2D eigenvalue weighted by Gasteiger charge is -2.33. The summed E-state index contributed by atoms with van der Waals surface area (Å²) in [4.78, 5) is 2.39. The Labute approximate surface area is 125 Å². The minimum Gasteiger partial charge on any atom is -0.508 e. The lowest BCUT2D eigenvalue weighted by molar-refractivity contribution is -0.0305. The third-order valence-corrected chi connectivity index (χ3v) is 3.85. The van der Waals surface area contributed by atoms with Gasteiger partial charge in [0.15, 0.2) is 0 Å². The molecule has 1 heterocycles. The Balaban J connectivity index is 1.58. The number of hydrogen-bond acceptors (Lipinski definition) is 3. The molecule has 2 aromatic carbocycles. The molecule has 2 aromatic rings. The highest BCUT2D eigenvalue weighted by Gasteiger charge is 2.20. The quantitative estimate of drug-likeness (QED) is 0.936. The molecule has 3 heteroatoms. The first-order valence-corrected chi connectivity index (χ1v) is 7.45. The fraction of sp³-hybridized carbons (Fsp3) is 0.333. The summed E-state index contributed by atoms with van der Waals surface area (Å²) in [6, 6.07) is 18.0. The van der Waals surface area contributed by atoms with E-state index in [1.165, 1.54) is 5.56 Å². The van der Waals surface area contributed by atoms with Crippen LogP contribution >= 0.6 is 0 Å². The minimum absolute atomic E-state index is 0.249. The molecule has 0 aromatic heterocycles. The van der Waals surface area contributed by atoms with E-state index < -0.39 is 0 Å². The topological polar surface area (TPSA) is 32.7 Å².